The highest BCUT2D eigenvalue weighted by Gasteiger charge is 2.12. The van der Waals surface area contributed by atoms with Crippen LogP contribution >= 0.6 is 0 Å². The first kappa shape index (κ1) is 15.3. The van der Waals surface area contributed by atoms with Crippen LogP contribution in [0.4, 0.5) is 0 Å². The summed E-state index contributed by atoms with van der Waals surface area (Å²) in [5, 5.41) is 13.5. The van der Waals surface area contributed by atoms with E-state index in [-0.39, 0.29) is 19.1 Å². The fourth-order valence-electron chi connectivity index (χ4n) is 2.17. The zero-order chi connectivity index (χ0) is 15.2. The van der Waals surface area contributed by atoms with E-state index < -0.39 is 6.10 Å². The Labute approximate surface area is 123 Å². The number of nitrogens with zero attached hydrogens (tertiary/aromatic N) is 1. The first-order valence-electron chi connectivity index (χ1n) is 6.86. The van der Waals surface area contributed by atoms with Gasteiger partial charge in [0, 0.05) is 30.7 Å². The molecular weight excluding hydrogens is 270 g/mol. The van der Waals surface area contributed by atoms with Gasteiger partial charge in [-0.1, -0.05) is 6.07 Å². The number of hydrogen-bond acceptors (Lipinski definition) is 4. The summed E-state index contributed by atoms with van der Waals surface area (Å²) in [6.07, 6.45) is 1.19. The van der Waals surface area contributed by atoms with E-state index >= 15 is 0 Å². The molecule has 3 N–H and O–H groups in total. The van der Waals surface area contributed by atoms with E-state index in [1.165, 1.54) is 0 Å². The summed E-state index contributed by atoms with van der Waals surface area (Å²) >= 11 is 0. The van der Waals surface area contributed by atoms with Gasteiger partial charge in [-0.25, -0.2) is 0 Å². The lowest BCUT2D eigenvalue weighted by Crippen LogP contribution is -2.39. The number of ether oxygens (including phenoxy) is 1. The lowest BCUT2D eigenvalue weighted by atomic mass is 10.2. The maximum absolute atomic E-state index is 11.2. The predicted molar refractivity (Wildman–Crippen MR) is 81.4 cm³/mol. The van der Waals surface area contributed by atoms with Gasteiger partial charge in [0.05, 0.1) is 6.54 Å². The molecule has 21 heavy (non-hydrogen) atoms. The summed E-state index contributed by atoms with van der Waals surface area (Å²) < 4.78 is 5.67. The monoisotopic (exact) mass is 291 g/mol. The Morgan fingerprint density at radius 2 is 2.29 bits per heavy atom. The number of H-pyrrole nitrogens is 1. The molecule has 0 fully saturated rings. The van der Waals surface area contributed by atoms with Gasteiger partial charge < -0.3 is 20.1 Å². The fourth-order valence-corrected chi connectivity index (χ4v) is 2.17. The van der Waals surface area contributed by atoms with Crippen molar-refractivity contribution in [3.63, 3.8) is 0 Å². The third kappa shape index (κ3) is 4.21. The average molecular weight is 291 g/mol. The smallest absolute Gasteiger partial charge is 0.233 e. The maximum Gasteiger partial charge on any atom is 0.233 e. The minimum Gasteiger partial charge on any atom is -0.490 e. The normalized spacial score (nSPS) is 12.6. The number of carbonyl (C=O) groups excluding carboxylic acids is 1. The van der Waals surface area contributed by atoms with Gasteiger partial charge in [-0.05, 0) is 25.2 Å². The van der Waals surface area contributed by atoms with E-state index in [1.54, 1.807) is 19.0 Å². The number of aliphatic hydroxyl groups is 1. The quantitative estimate of drug-likeness (QED) is 0.697. The third-order valence-corrected chi connectivity index (χ3v) is 3.20. The average Bonchev–Trinajstić information content (AvgIpc) is 2.93. The number of rotatable bonds is 7. The Kier molecular flexibility index (Phi) is 5.19. The van der Waals surface area contributed by atoms with Crippen molar-refractivity contribution in [3.8, 4) is 5.75 Å². The molecule has 114 valence electrons. The Bertz CT molecular complexity index is 597. The summed E-state index contributed by atoms with van der Waals surface area (Å²) in [6.45, 7) is 0.805. The van der Waals surface area contributed by atoms with Gasteiger partial charge in [0.2, 0.25) is 5.91 Å². The van der Waals surface area contributed by atoms with Gasteiger partial charge in [0.15, 0.2) is 0 Å². The van der Waals surface area contributed by atoms with Crippen molar-refractivity contribution >= 4 is 16.8 Å². The number of fused-ring (bicyclic) bond motifs is 1. The molecule has 1 aromatic heterocycles. The van der Waals surface area contributed by atoms with Crippen LogP contribution in [0.25, 0.3) is 10.9 Å². The zero-order valence-corrected chi connectivity index (χ0v) is 12.3. The molecule has 2 rings (SSSR count). The van der Waals surface area contributed by atoms with Crippen LogP contribution in [0.3, 0.4) is 0 Å². The topological polar surface area (TPSA) is 77.6 Å². The minimum absolute atomic E-state index is 0.0808. The molecular formula is C15H21N3O3. The van der Waals surface area contributed by atoms with Crippen molar-refractivity contribution in [1.82, 2.24) is 15.2 Å². The molecule has 0 bridgehead atoms. The molecule has 1 amide bonds. The number of aromatic amines is 1. The summed E-state index contributed by atoms with van der Waals surface area (Å²) in [5.74, 6) is 0.657. The molecule has 0 saturated carbocycles. The van der Waals surface area contributed by atoms with Crippen molar-refractivity contribution in [1.29, 1.82) is 0 Å². The molecule has 1 atom stereocenters. The SMILES string of the molecule is CNC(=O)CN(C)CC(O)COc1cccc2[nH]ccc12. The number of nitrogens with one attached hydrogen (secondary N) is 2. The van der Waals surface area contributed by atoms with Gasteiger partial charge in [-0.15, -0.1) is 0 Å². The van der Waals surface area contributed by atoms with Gasteiger partial charge >= 0.3 is 0 Å². The summed E-state index contributed by atoms with van der Waals surface area (Å²) in [5.41, 5.74) is 0.999. The number of benzene rings is 1. The van der Waals surface area contributed by atoms with Crippen molar-refractivity contribution in [2.24, 2.45) is 0 Å². The van der Waals surface area contributed by atoms with Crippen molar-refractivity contribution in [2.45, 2.75) is 6.10 Å². The lowest BCUT2D eigenvalue weighted by molar-refractivity contribution is -0.121. The van der Waals surface area contributed by atoms with Crippen molar-refractivity contribution in [2.75, 3.05) is 33.8 Å². The Morgan fingerprint density at radius 1 is 1.48 bits per heavy atom. The highest BCUT2D eigenvalue weighted by Crippen LogP contribution is 2.24. The van der Waals surface area contributed by atoms with Gasteiger partial charge in [0.25, 0.3) is 0 Å². The van der Waals surface area contributed by atoms with Gasteiger partial charge in [0.1, 0.15) is 18.5 Å². The second kappa shape index (κ2) is 7.10. The van der Waals surface area contributed by atoms with E-state index in [1.807, 2.05) is 30.5 Å². The number of likely N-dealkylation sites (N-methyl/N-ethyl adjacent to an activating group) is 2. The lowest BCUT2D eigenvalue weighted by Gasteiger charge is -2.20. The van der Waals surface area contributed by atoms with Crippen LogP contribution in [-0.2, 0) is 4.79 Å². The fraction of sp³-hybridized carbons (Fsp3) is 0.400. The molecule has 2 aromatic rings. The van der Waals surface area contributed by atoms with Crippen LogP contribution in [0.5, 0.6) is 5.75 Å². The standard InChI is InChI=1S/C15H21N3O3/c1-16-15(20)9-18(2)8-11(19)10-21-14-5-3-4-13-12(14)6-7-17-13/h3-7,11,17,19H,8-10H2,1-2H3,(H,16,20). The Balaban J connectivity index is 1.85. The summed E-state index contributed by atoms with van der Waals surface area (Å²) in [6, 6.07) is 7.68. The zero-order valence-electron chi connectivity index (χ0n) is 12.3. The Hall–Kier alpha value is -2.05. The Morgan fingerprint density at radius 3 is 3.05 bits per heavy atom. The molecule has 6 nitrogen and oxygen atoms in total. The van der Waals surface area contributed by atoms with Gasteiger partial charge in [-0.2, -0.15) is 0 Å². The number of aliphatic hydroxyl groups excluding tert-OH is 1. The summed E-state index contributed by atoms with van der Waals surface area (Å²) in [4.78, 5) is 16.1. The second-order valence-corrected chi connectivity index (χ2v) is 5.03. The number of carbonyl (C=O) groups is 1. The molecule has 0 saturated heterocycles. The van der Waals surface area contributed by atoms with Crippen LogP contribution < -0.4 is 10.1 Å². The van der Waals surface area contributed by atoms with E-state index in [0.29, 0.717) is 6.54 Å². The van der Waals surface area contributed by atoms with Crippen LogP contribution in [0, 0.1) is 0 Å². The van der Waals surface area contributed by atoms with Crippen molar-refractivity contribution < 1.29 is 14.6 Å². The predicted octanol–water partition coefficient (Wildman–Crippen LogP) is 0.585. The molecule has 0 radical (unpaired) electrons. The van der Waals surface area contributed by atoms with E-state index in [9.17, 15) is 9.90 Å². The molecule has 0 aliphatic heterocycles. The largest absolute Gasteiger partial charge is 0.490 e. The number of aromatic nitrogens is 1. The number of amides is 1. The van der Waals surface area contributed by atoms with Crippen molar-refractivity contribution in [3.05, 3.63) is 30.5 Å². The third-order valence-electron chi connectivity index (χ3n) is 3.20. The molecule has 1 aromatic carbocycles. The summed E-state index contributed by atoms with van der Waals surface area (Å²) in [7, 11) is 3.37. The van der Waals surface area contributed by atoms with Crippen LogP contribution in [0.2, 0.25) is 0 Å². The second-order valence-electron chi connectivity index (χ2n) is 5.03. The molecule has 0 aliphatic rings. The van der Waals surface area contributed by atoms with E-state index in [4.69, 9.17) is 4.74 Å². The number of hydrogen-bond donors (Lipinski definition) is 3. The molecule has 1 heterocycles. The van der Waals surface area contributed by atoms with Crippen LogP contribution in [0.1, 0.15) is 0 Å². The molecule has 6 heteroatoms. The molecule has 1 unspecified atom stereocenters. The molecule has 0 aliphatic carbocycles. The van der Waals surface area contributed by atoms with E-state index in [2.05, 4.69) is 10.3 Å². The van der Waals surface area contributed by atoms with Crippen LogP contribution in [0.15, 0.2) is 30.5 Å². The first-order valence-corrected chi connectivity index (χ1v) is 6.86. The highest BCUT2D eigenvalue weighted by molar-refractivity contribution is 5.85. The maximum atomic E-state index is 11.2. The molecule has 0 spiro atoms. The first-order chi connectivity index (χ1) is 10.1. The van der Waals surface area contributed by atoms with Gasteiger partial charge in [-0.3, -0.25) is 9.69 Å². The minimum atomic E-state index is -0.658. The highest BCUT2D eigenvalue weighted by atomic mass is 16.5. The van der Waals surface area contributed by atoms with E-state index in [0.717, 1.165) is 16.7 Å². The van der Waals surface area contributed by atoms with Crippen LogP contribution in [-0.4, -0.2) is 60.8 Å².